The Morgan fingerprint density at radius 2 is 2.05 bits per heavy atom. The number of pyridine rings is 1. The number of nitrogens with zero attached hydrogens (tertiary/aromatic N) is 1. The number of carbonyl (C=O) groups excluding carboxylic acids is 1. The number of amides is 2. The maximum Gasteiger partial charge on any atom is 0.319 e. The quantitative estimate of drug-likeness (QED) is 0.887. The first-order valence-corrected chi connectivity index (χ1v) is 6.87. The standard InChI is InChI=1S/C15H16ClN3O3/c1-21-13-7-12(14(22-2)6-11(13)16)19-15(20)18-9-10-4-3-5-17-8-10/h3-8H,9H2,1-2H3,(H2,18,19,20). The monoisotopic (exact) mass is 321 g/mol. The van der Waals surface area contributed by atoms with Gasteiger partial charge in [-0.05, 0) is 11.6 Å². The van der Waals surface area contributed by atoms with E-state index in [0.717, 1.165) is 5.56 Å². The number of aromatic nitrogens is 1. The summed E-state index contributed by atoms with van der Waals surface area (Å²) in [5.74, 6) is 0.896. The number of rotatable bonds is 5. The lowest BCUT2D eigenvalue weighted by molar-refractivity contribution is 0.251. The van der Waals surface area contributed by atoms with Crippen molar-refractivity contribution in [2.75, 3.05) is 19.5 Å². The molecule has 7 heteroatoms. The van der Waals surface area contributed by atoms with Crippen molar-refractivity contribution in [1.82, 2.24) is 10.3 Å². The molecule has 6 nitrogen and oxygen atoms in total. The Morgan fingerprint density at radius 1 is 1.27 bits per heavy atom. The predicted octanol–water partition coefficient (Wildman–Crippen LogP) is 3.07. The lowest BCUT2D eigenvalue weighted by atomic mass is 10.2. The lowest BCUT2D eigenvalue weighted by Crippen LogP contribution is -2.28. The molecule has 1 heterocycles. The molecule has 2 aromatic rings. The van der Waals surface area contributed by atoms with Crippen molar-refractivity contribution in [2.24, 2.45) is 0 Å². The van der Waals surface area contributed by atoms with Gasteiger partial charge in [-0.15, -0.1) is 0 Å². The first-order valence-electron chi connectivity index (χ1n) is 6.49. The van der Waals surface area contributed by atoms with E-state index < -0.39 is 0 Å². The predicted molar refractivity (Wildman–Crippen MR) is 84.7 cm³/mol. The van der Waals surface area contributed by atoms with Crippen LogP contribution < -0.4 is 20.1 Å². The number of nitrogens with one attached hydrogen (secondary N) is 2. The van der Waals surface area contributed by atoms with E-state index in [4.69, 9.17) is 21.1 Å². The van der Waals surface area contributed by atoms with Crippen LogP contribution in [0.25, 0.3) is 0 Å². The Labute approximate surface area is 133 Å². The van der Waals surface area contributed by atoms with Gasteiger partial charge in [0.25, 0.3) is 0 Å². The van der Waals surface area contributed by atoms with Crippen LogP contribution in [0.3, 0.4) is 0 Å². The highest BCUT2D eigenvalue weighted by molar-refractivity contribution is 6.32. The average molecular weight is 322 g/mol. The number of urea groups is 1. The van der Waals surface area contributed by atoms with Gasteiger partial charge in [0.05, 0.1) is 24.9 Å². The summed E-state index contributed by atoms with van der Waals surface area (Å²) in [4.78, 5) is 15.9. The normalized spacial score (nSPS) is 9.95. The van der Waals surface area contributed by atoms with E-state index in [9.17, 15) is 4.79 Å². The second-order valence-electron chi connectivity index (χ2n) is 4.36. The molecule has 0 bridgehead atoms. The Kier molecular flexibility index (Phi) is 5.43. The molecule has 2 rings (SSSR count). The number of ether oxygens (including phenoxy) is 2. The molecule has 0 aliphatic heterocycles. The molecule has 0 unspecified atom stereocenters. The SMILES string of the molecule is COc1cc(NC(=O)NCc2cccnc2)c(OC)cc1Cl. The van der Waals surface area contributed by atoms with Crippen LogP contribution in [0.4, 0.5) is 10.5 Å². The summed E-state index contributed by atoms with van der Waals surface area (Å²) in [6, 6.07) is 6.50. The summed E-state index contributed by atoms with van der Waals surface area (Å²) < 4.78 is 10.3. The molecule has 0 saturated heterocycles. The fourth-order valence-corrected chi connectivity index (χ4v) is 2.04. The summed E-state index contributed by atoms with van der Waals surface area (Å²) in [6.07, 6.45) is 3.36. The van der Waals surface area contributed by atoms with Gasteiger partial charge in [0.15, 0.2) is 0 Å². The number of carbonyl (C=O) groups is 1. The van der Waals surface area contributed by atoms with Crippen molar-refractivity contribution >= 4 is 23.3 Å². The van der Waals surface area contributed by atoms with Gasteiger partial charge in [-0.2, -0.15) is 0 Å². The van der Waals surface area contributed by atoms with Crippen LogP contribution in [0.15, 0.2) is 36.7 Å². The maximum atomic E-state index is 12.0. The third kappa shape index (κ3) is 4.02. The Bertz CT molecular complexity index is 650. The van der Waals surface area contributed by atoms with E-state index in [0.29, 0.717) is 28.8 Å². The summed E-state index contributed by atoms with van der Waals surface area (Å²) in [7, 11) is 3.00. The summed E-state index contributed by atoms with van der Waals surface area (Å²) in [6.45, 7) is 0.368. The summed E-state index contributed by atoms with van der Waals surface area (Å²) in [5, 5.41) is 5.83. The minimum Gasteiger partial charge on any atom is -0.495 e. The zero-order chi connectivity index (χ0) is 15.9. The van der Waals surface area contributed by atoms with Crippen molar-refractivity contribution in [1.29, 1.82) is 0 Å². The zero-order valence-corrected chi connectivity index (χ0v) is 13.0. The average Bonchev–Trinajstić information content (AvgIpc) is 2.55. The number of hydrogen-bond donors (Lipinski definition) is 2. The minimum atomic E-state index is -0.369. The van der Waals surface area contributed by atoms with Crippen molar-refractivity contribution in [3.05, 3.63) is 47.2 Å². The maximum absolute atomic E-state index is 12.0. The van der Waals surface area contributed by atoms with E-state index in [1.54, 1.807) is 24.5 Å². The molecule has 0 radical (unpaired) electrons. The lowest BCUT2D eigenvalue weighted by Gasteiger charge is -2.13. The molecule has 0 aliphatic rings. The molecule has 0 spiro atoms. The molecule has 116 valence electrons. The first-order chi connectivity index (χ1) is 10.6. The Balaban J connectivity index is 2.04. The minimum absolute atomic E-state index is 0.368. The molecular formula is C15H16ClN3O3. The van der Waals surface area contributed by atoms with Gasteiger partial charge in [-0.1, -0.05) is 17.7 Å². The van der Waals surface area contributed by atoms with Gasteiger partial charge >= 0.3 is 6.03 Å². The number of anilines is 1. The van der Waals surface area contributed by atoms with Gasteiger partial charge in [-0.3, -0.25) is 4.98 Å². The number of benzene rings is 1. The van der Waals surface area contributed by atoms with Crippen molar-refractivity contribution < 1.29 is 14.3 Å². The first kappa shape index (κ1) is 15.9. The van der Waals surface area contributed by atoms with E-state index in [-0.39, 0.29) is 6.03 Å². The van der Waals surface area contributed by atoms with E-state index in [1.165, 1.54) is 14.2 Å². The molecule has 2 amide bonds. The smallest absolute Gasteiger partial charge is 0.319 e. The van der Waals surface area contributed by atoms with Gasteiger partial charge in [0.2, 0.25) is 0 Å². The molecule has 0 saturated carbocycles. The van der Waals surface area contributed by atoms with Crippen LogP contribution in [-0.4, -0.2) is 25.2 Å². The van der Waals surface area contributed by atoms with Crippen LogP contribution in [-0.2, 0) is 6.54 Å². The van der Waals surface area contributed by atoms with Crippen molar-refractivity contribution in [3.8, 4) is 11.5 Å². The van der Waals surface area contributed by atoms with E-state index in [2.05, 4.69) is 15.6 Å². The Morgan fingerprint density at radius 3 is 2.68 bits per heavy atom. The highest BCUT2D eigenvalue weighted by atomic mass is 35.5. The van der Waals surface area contributed by atoms with Crippen LogP contribution in [0.2, 0.25) is 5.02 Å². The number of hydrogen-bond acceptors (Lipinski definition) is 4. The van der Waals surface area contributed by atoms with Crippen LogP contribution in [0.5, 0.6) is 11.5 Å². The molecule has 0 aliphatic carbocycles. The van der Waals surface area contributed by atoms with Gasteiger partial charge < -0.3 is 20.1 Å². The number of methoxy groups -OCH3 is 2. The third-order valence-electron chi connectivity index (χ3n) is 2.90. The molecule has 0 fully saturated rings. The zero-order valence-electron chi connectivity index (χ0n) is 12.2. The van der Waals surface area contributed by atoms with Gasteiger partial charge in [-0.25, -0.2) is 4.79 Å². The number of halogens is 1. The van der Waals surface area contributed by atoms with Crippen molar-refractivity contribution in [2.45, 2.75) is 6.54 Å². The highest BCUT2D eigenvalue weighted by Crippen LogP contribution is 2.35. The van der Waals surface area contributed by atoms with E-state index >= 15 is 0 Å². The largest absolute Gasteiger partial charge is 0.495 e. The summed E-state index contributed by atoms with van der Waals surface area (Å²) >= 11 is 6.02. The fourth-order valence-electron chi connectivity index (χ4n) is 1.81. The van der Waals surface area contributed by atoms with Crippen LogP contribution in [0.1, 0.15) is 5.56 Å². The molecule has 0 atom stereocenters. The van der Waals surface area contributed by atoms with Gasteiger partial charge in [0.1, 0.15) is 11.5 Å². The topological polar surface area (TPSA) is 72.5 Å². The van der Waals surface area contributed by atoms with Crippen molar-refractivity contribution in [3.63, 3.8) is 0 Å². The molecule has 2 N–H and O–H groups in total. The molecule has 22 heavy (non-hydrogen) atoms. The molecule has 1 aromatic carbocycles. The van der Waals surface area contributed by atoms with Crippen LogP contribution in [0, 0.1) is 0 Å². The highest BCUT2D eigenvalue weighted by Gasteiger charge is 2.12. The second kappa shape index (κ2) is 7.51. The van der Waals surface area contributed by atoms with Gasteiger partial charge in [0, 0.05) is 31.1 Å². The molecule has 1 aromatic heterocycles. The molecular weight excluding hydrogens is 306 g/mol. The third-order valence-corrected chi connectivity index (χ3v) is 3.19. The van der Waals surface area contributed by atoms with E-state index in [1.807, 2.05) is 12.1 Å². The summed E-state index contributed by atoms with van der Waals surface area (Å²) in [5.41, 5.74) is 1.37. The van der Waals surface area contributed by atoms with Crippen LogP contribution >= 0.6 is 11.6 Å². The Hall–Kier alpha value is -2.47. The fraction of sp³-hybridized carbons (Fsp3) is 0.200. The second-order valence-corrected chi connectivity index (χ2v) is 4.76.